The van der Waals surface area contributed by atoms with Crippen molar-refractivity contribution in [3.05, 3.63) is 33.9 Å². The molecule has 2 heterocycles. The normalized spacial score (nSPS) is 19.5. The van der Waals surface area contributed by atoms with Gasteiger partial charge in [-0.1, -0.05) is 11.8 Å². The van der Waals surface area contributed by atoms with Crippen LogP contribution in [0.3, 0.4) is 0 Å². The molecule has 0 atom stereocenters. The predicted molar refractivity (Wildman–Crippen MR) is 88.9 cm³/mol. The van der Waals surface area contributed by atoms with Crippen LogP contribution in [-0.2, 0) is 0 Å². The van der Waals surface area contributed by atoms with Crippen LogP contribution < -0.4 is 0 Å². The van der Waals surface area contributed by atoms with Crippen molar-refractivity contribution in [3.63, 3.8) is 0 Å². The van der Waals surface area contributed by atoms with Gasteiger partial charge in [-0.05, 0) is 33.3 Å². The first kappa shape index (κ1) is 15.0. The number of non-ortho nitro benzene ring substituents is 1. The van der Waals surface area contributed by atoms with Gasteiger partial charge in [0.25, 0.3) is 5.69 Å². The Hall–Kier alpha value is -1.89. The summed E-state index contributed by atoms with van der Waals surface area (Å²) in [6, 6.07) is 4.96. The van der Waals surface area contributed by atoms with Crippen molar-refractivity contribution in [1.82, 2.24) is 4.90 Å². The van der Waals surface area contributed by atoms with Crippen molar-refractivity contribution in [2.75, 3.05) is 13.1 Å². The van der Waals surface area contributed by atoms with Gasteiger partial charge in [-0.25, -0.2) is 0 Å². The first-order chi connectivity index (χ1) is 10.3. The summed E-state index contributed by atoms with van der Waals surface area (Å²) in [6.07, 6.45) is 0.970. The maximum atomic E-state index is 11.0. The van der Waals surface area contributed by atoms with E-state index in [-0.39, 0.29) is 16.1 Å². The molecule has 0 bridgehead atoms. The van der Waals surface area contributed by atoms with Gasteiger partial charge < -0.3 is 4.90 Å². The number of hydrogen-bond donors (Lipinski definition) is 0. The van der Waals surface area contributed by atoms with Crippen molar-refractivity contribution in [1.29, 1.82) is 0 Å². The summed E-state index contributed by atoms with van der Waals surface area (Å²) in [5.41, 5.74) is 0.763. The van der Waals surface area contributed by atoms with Gasteiger partial charge in [0.15, 0.2) is 5.17 Å². The number of nitro benzene ring substituents is 1. The summed E-state index contributed by atoms with van der Waals surface area (Å²) in [5.74, 6) is 0.812. The molecule has 0 saturated carbocycles. The van der Waals surface area contributed by atoms with Crippen LogP contribution in [0.25, 0.3) is 0 Å². The Morgan fingerprint density at radius 2 is 2.18 bits per heavy atom. The lowest BCUT2D eigenvalue weighted by Gasteiger charge is -2.35. The van der Waals surface area contributed by atoms with Crippen LogP contribution in [0.2, 0.25) is 0 Å². The number of nitro groups is 1. The summed E-state index contributed by atoms with van der Waals surface area (Å²) < 4.78 is 0. The fraction of sp³-hybridized carbons (Fsp3) is 0.467. The minimum absolute atomic E-state index is 0.101. The van der Waals surface area contributed by atoms with Crippen LogP contribution >= 0.6 is 11.8 Å². The maximum absolute atomic E-state index is 11.0. The van der Waals surface area contributed by atoms with Gasteiger partial charge in [0.1, 0.15) is 5.84 Å². The van der Waals surface area contributed by atoms with Gasteiger partial charge in [-0.15, -0.1) is 0 Å². The van der Waals surface area contributed by atoms with Crippen LogP contribution in [0.1, 0.15) is 32.8 Å². The van der Waals surface area contributed by atoms with Gasteiger partial charge in [-0.2, -0.15) is 0 Å². The largest absolute Gasteiger partial charge is 0.305 e. The number of nitrogens with zero attached hydrogens (tertiary/aromatic N) is 4. The molecule has 0 radical (unpaired) electrons. The number of aliphatic imine (C=N–C) groups is 2. The third-order valence-corrected chi connectivity index (χ3v) is 4.41. The lowest BCUT2D eigenvalue weighted by atomic mass is 10.1. The molecule has 1 aromatic carbocycles. The summed E-state index contributed by atoms with van der Waals surface area (Å²) >= 11 is 1.56. The second-order valence-electron chi connectivity index (χ2n) is 6.32. The molecule has 116 valence electrons. The van der Waals surface area contributed by atoms with E-state index in [9.17, 15) is 10.1 Å². The number of hydrogen-bond acceptors (Lipinski definition) is 5. The fourth-order valence-electron chi connectivity index (χ4n) is 2.44. The number of thioether (sulfide) groups is 1. The number of fused-ring (bicyclic) bond motifs is 3. The van der Waals surface area contributed by atoms with E-state index in [0.29, 0.717) is 0 Å². The third-order valence-electron chi connectivity index (χ3n) is 3.34. The SMILES string of the molecule is CC(C)(C)N=C1Sc2ccc([N+](=O)[O-])cc2C2=NCCCN12. The van der Waals surface area contributed by atoms with Crippen molar-refractivity contribution in [2.45, 2.75) is 37.6 Å². The summed E-state index contributed by atoms with van der Waals surface area (Å²) in [6.45, 7) is 7.79. The molecule has 7 heteroatoms. The molecule has 2 aliphatic rings. The van der Waals surface area contributed by atoms with E-state index in [0.717, 1.165) is 41.0 Å². The highest BCUT2D eigenvalue weighted by Gasteiger charge is 2.32. The molecule has 0 amide bonds. The van der Waals surface area contributed by atoms with Crippen LogP contribution in [0.4, 0.5) is 5.69 Å². The number of benzene rings is 1. The van der Waals surface area contributed by atoms with Gasteiger partial charge in [0, 0.05) is 35.7 Å². The Balaban J connectivity index is 2.12. The maximum Gasteiger partial charge on any atom is 0.270 e. The quantitative estimate of drug-likeness (QED) is 0.588. The Labute approximate surface area is 133 Å². The standard InChI is InChI=1S/C15H18N4O2S/c1-15(2,3)17-14-18-8-4-7-16-13(18)11-9-10(19(20)21)5-6-12(11)22-14/h5-6,9H,4,7-8H2,1-3H3. The molecular formula is C15H18N4O2S. The first-order valence-electron chi connectivity index (χ1n) is 7.24. The topological polar surface area (TPSA) is 71.1 Å². The zero-order valence-electron chi connectivity index (χ0n) is 12.9. The van der Waals surface area contributed by atoms with Crippen molar-refractivity contribution in [2.24, 2.45) is 9.98 Å². The van der Waals surface area contributed by atoms with Crippen molar-refractivity contribution >= 4 is 28.5 Å². The molecule has 0 N–H and O–H groups in total. The molecule has 0 fully saturated rings. The minimum Gasteiger partial charge on any atom is -0.305 e. The summed E-state index contributed by atoms with van der Waals surface area (Å²) in [5, 5.41) is 11.9. The monoisotopic (exact) mass is 318 g/mol. The van der Waals surface area contributed by atoms with Crippen LogP contribution in [-0.4, -0.2) is 39.5 Å². The highest BCUT2D eigenvalue weighted by Crippen LogP contribution is 2.36. The molecule has 22 heavy (non-hydrogen) atoms. The Kier molecular flexibility index (Phi) is 3.68. The zero-order chi connectivity index (χ0) is 15.9. The summed E-state index contributed by atoms with van der Waals surface area (Å²) in [4.78, 5) is 23.1. The molecule has 0 saturated heterocycles. The highest BCUT2D eigenvalue weighted by atomic mass is 32.2. The van der Waals surface area contributed by atoms with Gasteiger partial charge >= 0.3 is 0 Å². The van der Waals surface area contributed by atoms with E-state index in [1.54, 1.807) is 30.0 Å². The second kappa shape index (κ2) is 5.39. The molecule has 0 aromatic heterocycles. The van der Waals surface area contributed by atoms with E-state index in [4.69, 9.17) is 4.99 Å². The van der Waals surface area contributed by atoms with Crippen LogP contribution in [0.5, 0.6) is 0 Å². The Bertz CT molecular complexity index is 691. The van der Waals surface area contributed by atoms with Gasteiger partial charge in [0.2, 0.25) is 0 Å². The van der Waals surface area contributed by atoms with E-state index in [2.05, 4.69) is 30.7 Å². The predicted octanol–water partition coefficient (Wildman–Crippen LogP) is 3.31. The first-order valence-corrected chi connectivity index (χ1v) is 8.05. The second-order valence-corrected chi connectivity index (χ2v) is 7.32. The van der Waals surface area contributed by atoms with Crippen LogP contribution in [0, 0.1) is 10.1 Å². The van der Waals surface area contributed by atoms with Crippen molar-refractivity contribution in [3.8, 4) is 0 Å². The summed E-state index contributed by atoms with van der Waals surface area (Å²) in [7, 11) is 0. The molecule has 6 nitrogen and oxygen atoms in total. The Morgan fingerprint density at radius 3 is 2.86 bits per heavy atom. The van der Waals surface area contributed by atoms with E-state index < -0.39 is 0 Å². The van der Waals surface area contributed by atoms with Gasteiger partial charge in [0.05, 0.1) is 10.5 Å². The number of rotatable bonds is 1. The zero-order valence-corrected chi connectivity index (χ0v) is 13.7. The molecule has 1 aromatic rings. The van der Waals surface area contributed by atoms with Crippen LogP contribution in [0.15, 0.2) is 33.1 Å². The molecule has 0 unspecified atom stereocenters. The third kappa shape index (κ3) is 2.85. The van der Waals surface area contributed by atoms with E-state index in [1.165, 1.54) is 0 Å². The molecule has 3 rings (SSSR count). The van der Waals surface area contributed by atoms with Crippen molar-refractivity contribution < 1.29 is 4.92 Å². The smallest absolute Gasteiger partial charge is 0.270 e. The fourth-order valence-corrected chi connectivity index (χ4v) is 3.64. The molecule has 2 aliphatic heterocycles. The number of amidine groups is 2. The minimum atomic E-state index is -0.364. The average molecular weight is 318 g/mol. The lowest BCUT2D eigenvalue weighted by Crippen LogP contribution is -2.43. The van der Waals surface area contributed by atoms with E-state index in [1.807, 2.05) is 0 Å². The Morgan fingerprint density at radius 1 is 1.41 bits per heavy atom. The van der Waals surface area contributed by atoms with Gasteiger partial charge in [-0.3, -0.25) is 20.1 Å². The molecule has 0 aliphatic carbocycles. The lowest BCUT2D eigenvalue weighted by molar-refractivity contribution is -0.384. The highest BCUT2D eigenvalue weighted by molar-refractivity contribution is 8.14. The van der Waals surface area contributed by atoms with E-state index >= 15 is 0 Å². The average Bonchev–Trinajstić information content (AvgIpc) is 2.45. The molecule has 0 spiro atoms. The molecular weight excluding hydrogens is 300 g/mol.